The Bertz CT molecular complexity index is 738. The van der Waals surface area contributed by atoms with E-state index >= 15 is 0 Å². The summed E-state index contributed by atoms with van der Waals surface area (Å²) in [6, 6.07) is 7.32. The van der Waals surface area contributed by atoms with E-state index in [2.05, 4.69) is 41.2 Å². The van der Waals surface area contributed by atoms with E-state index in [0.717, 1.165) is 25.3 Å². The lowest BCUT2D eigenvalue weighted by atomic mass is 9.72. The monoisotopic (exact) mass is 330 g/mol. The molecule has 1 aromatic heterocycles. The number of piperidine rings is 1. The van der Waals surface area contributed by atoms with Crippen molar-refractivity contribution in [1.29, 1.82) is 0 Å². The molecule has 124 valence electrons. The highest BCUT2D eigenvalue weighted by Gasteiger charge is 2.40. The molecule has 0 bridgehead atoms. The van der Waals surface area contributed by atoms with Gasteiger partial charge in [0.25, 0.3) is 0 Å². The molecule has 2 aromatic rings. The molecule has 2 heterocycles. The summed E-state index contributed by atoms with van der Waals surface area (Å²) >= 11 is 0. The van der Waals surface area contributed by atoms with Crippen molar-refractivity contribution in [2.45, 2.75) is 38.1 Å². The lowest BCUT2D eigenvalue weighted by molar-refractivity contribution is 0.0923. The molecule has 1 aliphatic heterocycles. The van der Waals surface area contributed by atoms with Gasteiger partial charge in [0.2, 0.25) is 0 Å². The van der Waals surface area contributed by atoms with Crippen LogP contribution in [-0.4, -0.2) is 45.2 Å². The van der Waals surface area contributed by atoms with Gasteiger partial charge < -0.3 is 4.98 Å². The maximum absolute atomic E-state index is 11.8. The Morgan fingerprint density at radius 2 is 2.26 bits per heavy atom. The number of aromatic amines is 1. The zero-order valence-electron chi connectivity index (χ0n) is 14.0. The fraction of sp³-hybridized carbons (Fsp3) is 0.579. The first-order valence-electron chi connectivity index (χ1n) is 8.80. The van der Waals surface area contributed by atoms with Gasteiger partial charge in [-0.2, -0.15) is 0 Å². The maximum atomic E-state index is 11.8. The molecule has 1 aliphatic carbocycles. The van der Waals surface area contributed by atoms with Gasteiger partial charge in [0.15, 0.2) is 0 Å². The van der Waals surface area contributed by atoms with Gasteiger partial charge >= 0.3 is 0 Å². The van der Waals surface area contributed by atoms with Crippen molar-refractivity contribution in [2.24, 2.45) is 5.92 Å². The van der Waals surface area contributed by atoms with Gasteiger partial charge in [-0.3, -0.25) is 9.11 Å². The highest BCUT2D eigenvalue weighted by atomic mass is 32.2. The summed E-state index contributed by atoms with van der Waals surface area (Å²) < 4.78 is 11.8. The van der Waals surface area contributed by atoms with Crippen LogP contribution >= 0.6 is 0 Å². The van der Waals surface area contributed by atoms with Gasteiger partial charge in [-0.15, -0.1) is 0 Å². The summed E-state index contributed by atoms with van der Waals surface area (Å²) in [4.78, 5) is 6.13. The van der Waals surface area contributed by atoms with Crippen LogP contribution < -0.4 is 0 Å². The molecule has 2 unspecified atom stereocenters. The predicted molar refractivity (Wildman–Crippen MR) is 97.4 cm³/mol. The Morgan fingerprint density at radius 1 is 1.39 bits per heavy atom. The van der Waals surface area contributed by atoms with Crippen LogP contribution in [0.5, 0.6) is 0 Å². The molecule has 4 rings (SSSR count). The van der Waals surface area contributed by atoms with Crippen LogP contribution in [0.25, 0.3) is 10.9 Å². The molecule has 1 saturated heterocycles. The van der Waals surface area contributed by atoms with E-state index in [1.165, 1.54) is 34.9 Å². The van der Waals surface area contributed by atoms with Crippen molar-refractivity contribution in [2.75, 3.05) is 25.1 Å². The van der Waals surface area contributed by atoms with Crippen molar-refractivity contribution in [1.82, 2.24) is 9.88 Å². The zero-order valence-corrected chi connectivity index (χ0v) is 14.9. The largest absolute Gasteiger partial charge is 0.361 e. The van der Waals surface area contributed by atoms with Crippen molar-refractivity contribution >= 4 is 21.7 Å². The second-order valence-corrected chi connectivity index (χ2v) is 8.78. The lowest BCUT2D eigenvalue weighted by Gasteiger charge is -2.47. The van der Waals surface area contributed by atoms with Gasteiger partial charge in [-0.25, -0.2) is 0 Å². The Morgan fingerprint density at radius 3 is 3.04 bits per heavy atom. The topological polar surface area (TPSA) is 36.1 Å². The fourth-order valence-corrected chi connectivity index (χ4v) is 5.80. The Labute approximate surface area is 140 Å². The number of fused-ring (bicyclic) bond motifs is 2. The van der Waals surface area contributed by atoms with Crippen LogP contribution in [0, 0.1) is 5.92 Å². The number of aromatic nitrogens is 1. The summed E-state index contributed by atoms with van der Waals surface area (Å²) in [6.07, 6.45) is 7.59. The van der Waals surface area contributed by atoms with Crippen LogP contribution in [0.15, 0.2) is 24.4 Å². The summed E-state index contributed by atoms with van der Waals surface area (Å²) in [7, 11) is -0.701. The number of benzene rings is 1. The molecule has 0 radical (unpaired) electrons. The van der Waals surface area contributed by atoms with Crippen molar-refractivity contribution < 1.29 is 4.21 Å². The third-order valence-electron chi connectivity index (χ3n) is 5.64. The minimum Gasteiger partial charge on any atom is -0.361 e. The summed E-state index contributed by atoms with van der Waals surface area (Å²) in [5, 5.41) is 1.46. The van der Waals surface area contributed by atoms with E-state index in [0.29, 0.717) is 17.9 Å². The molecule has 4 atom stereocenters. The smallest absolute Gasteiger partial charge is 0.0459 e. The maximum Gasteiger partial charge on any atom is 0.0459 e. The van der Waals surface area contributed by atoms with Gasteiger partial charge in [0.1, 0.15) is 0 Å². The predicted octanol–water partition coefficient (Wildman–Crippen LogP) is 3.29. The molecule has 2 aliphatic rings. The highest BCUT2D eigenvalue weighted by molar-refractivity contribution is 7.84. The van der Waals surface area contributed by atoms with Crippen LogP contribution in [0.1, 0.15) is 36.8 Å². The van der Waals surface area contributed by atoms with E-state index in [4.69, 9.17) is 0 Å². The summed E-state index contributed by atoms with van der Waals surface area (Å²) in [6.45, 7) is 4.54. The average Bonchev–Trinajstić information content (AvgIpc) is 2.93. The van der Waals surface area contributed by atoms with Gasteiger partial charge in [-0.1, -0.05) is 19.1 Å². The van der Waals surface area contributed by atoms with E-state index in [9.17, 15) is 4.21 Å². The molecule has 1 fully saturated rings. The third kappa shape index (κ3) is 2.66. The Hall–Kier alpha value is -1.13. The molecule has 0 saturated carbocycles. The molecule has 0 spiro atoms. The van der Waals surface area contributed by atoms with Crippen LogP contribution in [0.4, 0.5) is 0 Å². The van der Waals surface area contributed by atoms with Crippen molar-refractivity contribution in [3.8, 4) is 0 Å². The van der Waals surface area contributed by atoms with Crippen molar-refractivity contribution in [3.05, 3.63) is 35.5 Å². The van der Waals surface area contributed by atoms with Crippen LogP contribution in [0.3, 0.4) is 0 Å². The second kappa shape index (κ2) is 6.06. The second-order valence-electron chi connectivity index (χ2n) is 7.30. The summed E-state index contributed by atoms with van der Waals surface area (Å²) in [5.74, 6) is 2.00. The number of nitrogens with one attached hydrogen (secondary N) is 1. The SMILES string of the molecule is CCCN1CC(CS(C)=O)C[C@@H]2c3cccc4[nH]cc(c34)C[C@H]21. The van der Waals surface area contributed by atoms with E-state index in [-0.39, 0.29) is 0 Å². The molecule has 1 N–H and O–H groups in total. The highest BCUT2D eigenvalue weighted by Crippen LogP contribution is 2.44. The van der Waals surface area contributed by atoms with Gasteiger partial charge in [0, 0.05) is 58.4 Å². The minimum atomic E-state index is -0.701. The fourth-order valence-electron chi connectivity index (χ4n) is 4.90. The van der Waals surface area contributed by atoms with Crippen molar-refractivity contribution in [3.63, 3.8) is 0 Å². The number of hydrogen-bond donors (Lipinski definition) is 1. The molecule has 4 heteroatoms. The lowest BCUT2D eigenvalue weighted by Crippen LogP contribution is -2.51. The molecule has 0 amide bonds. The van der Waals surface area contributed by atoms with E-state index in [1.54, 1.807) is 0 Å². The van der Waals surface area contributed by atoms with Gasteiger partial charge in [0.05, 0.1) is 0 Å². The Balaban J connectivity index is 1.74. The normalized spacial score (nSPS) is 28.7. The number of rotatable bonds is 4. The average molecular weight is 330 g/mol. The number of likely N-dealkylation sites (tertiary alicyclic amines) is 1. The van der Waals surface area contributed by atoms with Gasteiger partial charge in [-0.05, 0) is 48.9 Å². The zero-order chi connectivity index (χ0) is 16.0. The van der Waals surface area contributed by atoms with Crippen LogP contribution in [-0.2, 0) is 17.2 Å². The first-order chi connectivity index (χ1) is 11.2. The first kappa shape index (κ1) is 15.4. The third-order valence-corrected chi connectivity index (χ3v) is 6.58. The number of H-pyrrole nitrogens is 1. The Kier molecular flexibility index (Phi) is 4.06. The van der Waals surface area contributed by atoms with E-state index < -0.39 is 10.8 Å². The molecular weight excluding hydrogens is 304 g/mol. The molecule has 3 nitrogen and oxygen atoms in total. The minimum absolute atomic E-state index is 0.560. The molecule has 23 heavy (non-hydrogen) atoms. The molecule has 1 aromatic carbocycles. The van der Waals surface area contributed by atoms with Crippen LogP contribution in [0.2, 0.25) is 0 Å². The number of hydrogen-bond acceptors (Lipinski definition) is 2. The van der Waals surface area contributed by atoms with E-state index in [1.807, 2.05) is 6.26 Å². The molecular formula is C19H26N2OS. The summed E-state index contributed by atoms with van der Waals surface area (Å²) in [5.41, 5.74) is 4.28. The first-order valence-corrected chi connectivity index (χ1v) is 10.5. The quantitative estimate of drug-likeness (QED) is 0.934. The standard InChI is InChI=1S/C19H26N2OS/c1-3-7-21-11-13(12-23(2)22)8-16-15-5-4-6-17-19(15)14(10-20-17)9-18(16)21/h4-6,10,13,16,18,20H,3,7-9,11-12H2,1-2H3/t13?,16-,18-,23?/m1/s1. The number of nitrogens with zero attached hydrogens (tertiary/aromatic N) is 1.